The number of benzene rings is 1. The highest BCUT2D eigenvalue weighted by molar-refractivity contribution is 5.75. The first-order valence-corrected chi connectivity index (χ1v) is 9.11. The molecular formula is C20H27NO5. The molecular weight excluding hydrogens is 334 g/mol. The van der Waals surface area contributed by atoms with Gasteiger partial charge in [0.1, 0.15) is 0 Å². The van der Waals surface area contributed by atoms with E-state index in [1.165, 1.54) is 7.11 Å². The van der Waals surface area contributed by atoms with Crippen molar-refractivity contribution < 1.29 is 19.2 Å². The molecule has 0 bridgehead atoms. The molecule has 0 spiro atoms. The van der Waals surface area contributed by atoms with Crippen molar-refractivity contribution in [2.24, 2.45) is 5.92 Å². The van der Waals surface area contributed by atoms with Crippen molar-refractivity contribution in [2.75, 3.05) is 20.3 Å². The van der Waals surface area contributed by atoms with Crippen LogP contribution in [0.15, 0.2) is 24.3 Å². The maximum atomic E-state index is 11.7. The molecule has 0 aromatic heterocycles. The molecule has 0 N–H and O–H groups in total. The summed E-state index contributed by atoms with van der Waals surface area (Å²) >= 11 is 0. The van der Waals surface area contributed by atoms with Crippen LogP contribution in [0.4, 0.5) is 5.69 Å². The molecule has 1 aliphatic rings. The van der Waals surface area contributed by atoms with Crippen LogP contribution in [0.2, 0.25) is 0 Å². The Morgan fingerprint density at radius 1 is 1.42 bits per heavy atom. The van der Waals surface area contributed by atoms with Crippen molar-refractivity contribution in [2.45, 2.75) is 45.4 Å². The van der Waals surface area contributed by atoms with Gasteiger partial charge in [0.25, 0.3) is 5.69 Å². The highest BCUT2D eigenvalue weighted by Crippen LogP contribution is 2.38. The fourth-order valence-corrected chi connectivity index (χ4v) is 3.60. The molecule has 6 nitrogen and oxygen atoms in total. The molecule has 0 radical (unpaired) electrons. The van der Waals surface area contributed by atoms with E-state index in [2.05, 4.69) is 0 Å². The predicted molar refractivity (Wildman–Crippen MR) is 100.0 cm³/mol. The van der Waals surface area contributed by atoms with Gasteiger partial charge in [0, 0.05) is 19.3 Å². The van der Waals surface area contributed by atoms with Crippen LogP contribution in [0.3, 0.4) is 0 Å². The molecule has 1 saturated heterocycles. The zero-order valence-corrected chi connectivity index (χ0v) is 15.7. The first kappa shape index (κ1) is 20.1. The molecule has 1 unspecified atom stereocenters. The first-order valence-electron chi connectivity index (χ1n) is 9.11. The number of ether oxygens (including phenoxy) is 2. The zero-order chi connectivity index (χ0) is 19.1. The molecule has 0 amide bonds. The van der Waals surface area contributed by atoms with Crippen molar-refractivity contribution in [1.82, 2.24) is 0 Å². The van der Waals surface area contributed by atoms with Crippen LogP contribution in [0.5, 0.6) is 0 Å². The maximum absolute atomic E-state index is 11.7. The van der Waals surface area contributed by atoms with Crippen molar-refractivity contribution in [3.05, 3.63) is 45.5 Å². The van der Waals surface area contributed by atoms with Crippen LogP contribution in [-0.2, 0) is 14.3 Å². The number of carbonyl (C=O) groups excluding carboxylic acids is 1. The van der Waals surface area contributed by atoms with Gasteiger partial charge < -0.3 is 9.47 Å². The van der Waals surface area contributed by atoms with Crippen molar-refractivity contribution in [3.63, 3.8) is 0 Å². The van der Waals surface area contributed by atoms with Crippen LogP contribution in [0.25, 0.3) is 5.57 Å². The average Bonchev–Trinajstić information content (AvgIpc) is 2.67. The number of carbonyl (C=O) groups is 1. The third-order valence-corrected chi connectivity index (χ3v) is 5.11. The molecule has 142 valence electrons. The second kappa shape index (κ2) is 9.48. The van der Waals surface area contributed by atoms with Crippen LogP contribution in [-0.4, -0.2) is 31.2 Å². The normalized spacial score (nSPS) is 17.0. The van der Waals surface area contributed by atoms with Gasteiger partial charge in [-0.2, -0.15) is 0 Å². The van der Waals surface area contributed by atoms with Crippen molar-refractivity contribution in [1.29, 1.82) is 0 Å². The van der Waals surface area contributed by atoms with Crippen LogP contribution in [0, 0.1) is 16.0 Å². The number of rotatable bonds is 7. The van der Waals surface area contributed by atoms with Crippen LogP contribution >= 0.6 is 0 Å². The summed E-state index contributed by atoms with van der Waals surface area (Å²) < 4.78 is 10.2. The third-order valence-electron chi connectivity index (χ3n) is 5.11. The van der Waals surface area contributed by atoms with Gasteiger partial charge in [-0.3, -0.25) is 14.9 Å². The van der Waals surface area contributed by atoms with E-state index in [0.717, 1.165) is 24.0 Å². The molecule has 26 heavy (non-hydrogen) atoms. The largest absolute Gasteiger partial charge is 0.469 e. The van der Waals surface area contributed by atoms with E-state index < -0.39 is 0 Å². The highest BCUT2D eigenvalue weighted by atomic mass is 16.6. The second-order valence-electron chi connectivity index (χ2n) is 6.55. The molecule has 1 fully saturated rings. The Morgan fingerprint density at radius 2 is 2.12 bits per heavy atom. The molecule has 2 rings (SSSR count). The molecule has 1 atom stereocenters. The number of esters is 1. The van der Waals surface area contributed by atoms with E-state index in [-0.39, 0.29) is 34.8 Å². The Kier molecular flexibility index (Phi) is 7.33. The Bertz CT molecular complexity index is 677. The Balaban J connectivity index is 2.38. The summed E-state index contributed by atoms with van der Waals surface area (Å²) in [6.45, 7) is 5.26. The number of allylic oxidation sites excluding steroid dienone is 2. The SMILES string of the molecule is CC=C(c1ccc(C(CC)CC(=O)OC)cc1[N+](=O)[O-])C1CCOCC1. The van der Waals surface area contributed by atoms with Gasteiger partial charge in [-0.25, -0.2) is 0 Å². The number of hydrogen-bond acceptors (Lipinski definition) is 5. The standard InChI is InChI=1S/C20H27NO5/c1-4-14(13-20(22)25-3)16-6-7-18(19(12-16)21(23)24)17(5-2)15-8-10-26-11-9-15/h5-7,12,14-15H,4,8-11,13H2,1-3H3. The lowest BCUT2D eigenvalue weighted by atomic mass is 9.84. The molecule has 0 aliphatic carbocycles. The fourth-order valence-electron chi connectivity index (χ4n) is 3.60. The van der Waals surface area contributed by atoms with Gasteiger partial charge in [0.05, 0.1) is 24.0 Å². The summed E-state index contributed by atoms with van der Waals surface area (Å²) in [6, 6.07) is 5.36. The van der Waals surface area contributed by atoms with Gasteiger partial charge >= 0.3 is 5.97 Å². The van der Waals surface area contributed by atoms with E-state index >= 15 is 0 Å². The molecule has 1 aromatic rings. The van der Waals surface area contributed by atoms with E-state index in [9.17, 15) is 14.9 Å². The number of hydrogen-bond donors (Lipinski definition) is 0. The zero-order valence-electron chi connectivity index (χ0n) is 15.7. The minimum absolute atomic E-state index is 0.0904. The quantitative estimate of drug-likeness (QED) is 0.406. The number of methoxy groups -OCH3 is 1. The maximum Gasteiger partial charge on any atom is 0.306 e. The van der Waals surface area contributed by atoms with Gasteiger partial charge in [-0.15, -0.1) is 0 Å². The lowest BCUT2D eigenvalue weighted by molar-refractivity contribution is -0.385. The number of nitro benzene ring substituents is 1. The smallest absolute Gasteiger partial charge is 0.306 e. The molecule has 1 heterocycles. The summed E-state index contributed by atoms with van der Waals surface area (Å²) in [5, 5.41) is 11.7. The van der Waals surface area contributed by atoms with E-state index in [4.69, 9.17) is 9.47 Å². The summed E-state index contributed by atoms with van der Waals surface area (Å²) in [6.07, 6.45) is 4.66. The van der Waals surface area contributed by atoms with Crippen LogP contribution < -0.4 is 0 Å². The lowest BCUT2D eigenvalue weighted by Crippen LogP contribution is -2.17. The third kappa shape index (κ3) is 4.69. The monoisotopic (exact) mass is 361 g/mol. The van der Waals surface area contributed by atoms with Gasteiger partial charge in [-0.05, 0) is 55.2 Å². The fraction of sp³-hybridized carbons (Fsp3) is 0.550. The average molecular weight is 361 g/mol. The summed E-state index contributed by atoms with van der Waals surface area (Å²) in [7, 11) is 1.35. The topological polar surface area (TPSA) is 78.7 Å². The highest BCUT2D eigenvalue weighted by Gasteiger charge is 2.26. The van der Waals surface area contributed by atoms with Gasteiger partial charge in [0.15, 0.2) is 0 Å². The Labute approximate surface area is 154 Å². The summed E-state index contributed by atoms with van der Waals surface area (Å²) in [4.78, 5) is 23.0. The number of nitro groups is 1. The first-order chi connectivity index (χ1) is 12.5. The molecule has 6 heteroatoms. The lowest BCUT2D eigenvalue weighted by Gasteiger charge is -2.25. The second-order valence-corrected chi connectivity index (χ2v) is 6.55. The number of nitrogens with zero attached hydrogens (tertiary/aromatic N) is 1. The minimum Gasteiger partial charge on any atom is -0.469 e. The molecule has 1 aliphatic heterocycles. The van der Waals surface area contributed by atoms with Crippen molar-refractivity contribution in [3.8, 4) is 0 Å². The van der Waals surface area contributed by atoms with Crippen molar-refractivity contribution >= 4 is 17.2 Å². The van der Waals surface area contributed by atoms with E-state index in [0.29, 0.717) is 25.2 Å². The van der Waals surface area contributed by atoms with Gasteiger partial charge in [0.2, 0.25) is 0 Å². The van der Waals surface area contributed by atoms with E-state index in [1.54, 1.807) is 6.07 Å². The van der Waals surface area contributed by atoms with E-state index in [1.807, 2.05) is 32.1 Å². The summed E-state index contributed by atoms with van der Waals surface area (Å²) in [5.41, 5.74) is 2.58. The minimum atomic E-state index is -0.327. The van der Waals surface area contributed by atoms with Gasteiger partial charge in [-0.1, -0.05) is 19.1 Å². The summed E-state index contributed by atoms with van der Waals surface area (Å²) in [5.74, 6) is -0.123. The predicted octanol–water partition coefficient (Wildman–Crippen LogP) is 4.48. The molecule has 0 saturated carbocycles. The molecule has 1 aromatic carbocycles. The Morgan fingerprint density at radius 3 is 2.65 bits per heavy atom. The van der Waals surface area contributed by atoms with Crippen LogP contribution in [0.1, 0.15) is 56.6 Å². The Hall–Kier alpha value is -2.21.